The van der Waals surface area contributed by atoms with Gasteiger partial charge in [0.2, 0.25) is 0 Å². The molecule has 0 saturated carbocycles. The van der Waals surface area contributed by atoms with E-state index in [1.807, 2.05) is 0 Å². The monoisotopic (exact) mass is 310 g/mol. The van der Waals surface area contributed by atoms with Crippen molar-refractivity contribution in [3.05, 3.63) is 50.6 Å². The van der Waals surface area contributed by atoms with Crippen LogP contribution in [0.15, 0.2) is 30.3 Å². The summed E-state index contributed by atoms with van der Waals surface area (Å²) < 4.78 is 0. The molecule has 0 unspecified atom stereocenters. The molecule has 3 aromatic carbocycles. The largest absolute Gasteiger partial charge is 0.398 e. The van der Waals surface area contributed by atoms with Crippen molar-refractivity contribution in [2.75, 3.05) is 11.5 Å². The first-order valence-corrected chi connectivity index (χ1v) is 6.65. The predicted molar refractivity (Wildman–Crippen MR) is 91.8 cm³/mol. The topological polar surface area (TPSA) is 138 Å². The Labute approximate surface area is 130 Å². The van der Waals surface area contributed by atoms with Gasteiger partial charge in [-0.2, -0.15) is 0 Å². The Morgan fingerprint density at radius 2 is 1.48 bits per heavy atom. The van der Waals surface area contributed by atoms with Gasteiger partial charge in [0.1, 0.15) is 7.85 Å². The van der Waals surface area contributed by atoms with Crippen LogP contribution in [0.25, 0.3) is 21.5 Å². The third-order valence-electron chi connectivity index (χ3n) is 3.95. The van der Waals surface area contributed by atoms with Crippen LogP contribution in [0.4, 0.5) is 22.7 Å². The molecule has 0 spiro atoms. The lowest BCUT2D eigenvalue weighted by Gasteiger charge is -2.13. The first-order chi connectivity index (χ1) is 10.8. The lowest BCUT2D eigenvalue weighted by atomic mass is 9.83. The lowest BCUT2D eigenvalue weighted by Crippen LogP contribution is -2.10. The van der Waals surface area contributed by atoms with Gasteiger partial charge in [-0.1, -0.05) is 5.46 Å². The number of anilines is 2. The molecule has 0 fully saturated rings. The highest BCUT2D eigenvalue weighted by atomic mass is 16.6. The zero-order chi connectivity index (χ0) is 16.9. The van der Waals surface area contributed by atoms with Crippen LogP contribution in [0.2, 0.25) is 0 Å². The summed E-state index contributed by atoms with van der Waals surface area (Å²) in [7, 11) is 1.73. The average Bonchev–Trinajstić information content (AvgIpc) is 2.51. The molecule has 0 heterocycles. The minimum absolute atomic E-state index is 0.0715. The van der Waals surface area contributed by atoms with Crippen LogP contribution in [-0.4, -0.2) is 17.7 Å². The molecule has 0 amide bonds. The minimum atomic E-state index is -0.539. The second-order valence-corrected chi connectivity index (χ2v) is 5.24. The van der Waals surface area contributed by atoms with Gasteiger partial charge in [0.25, 0.3) is 11.4 Å². The van der Waals surface area contributed by atoms with E-state index in [2.05, 4.69) is 0 Å². The number of nitrogens with two attached hydrogens (primary N) is 2. The van der Waals surface area contributed by atoms with Gasteiger partial charge in [-0.25, -0.2) is 0 Å². The smallest absolute Gasteiger partial charge is 0.272 e. The average molecular weight is 310 g/mol. The van der Waals surface area contributed by atoms with E-state index < -0.39 is 9.85 Å². The Bertz CT molecular complexity index is 1020. The number of nitro benzene ring substituents is 2. The van der Waals surface area contributed by atoms with E-state index >= 15 is 0 Å². The number of fused-ring (bicyclic) bond motifs is 2. The molecular formula is C14H11BN4O4. The van der Waals surface area contributed by atoms with Gasteiger partial charge in [0.15, 0.2) is 0 Å². The molecular weight excluding hydrogens is 299 g/mol. The molecule has 4 N–H and O–H groups in total. The second kappa shape index (κ2) is 4.84. The molecule has 8 nitrogen and oxygen atoms in total. The fourth-order valence-electron chi connectivity index (χ4n) is 2.82. The van der Waals surface area contributed by atoms with Gasteiger partial charge in [-0.05, 0) is 16.8 Å². The second-order valence-electron chi connectivity index (χ2n) is 5.24. The van der Waals surface area contributed by atoms with Crippen molar-refractivity contribution >= 4 is 57.6 Å². The van der Waals surface area contributed by atoms with E-state index in [4.69, 9.17) is 11.5 Å². The number of hydrogen-bond acceptors (Lipinski definition) is 6. The van der Waals surface area contributed by atoms with E-state index in [1.165, 1.54) is 24.3 Å². The van der Waals surface area contributed by atoms with Crippen LogP contribution < -0.4 is 16.9 Å². The van der Waals surface area contributed by atoms with E-state index in [-0.39, 0.29) is 17.1 Å². The van der Waals surface area contributed by atoms with Gasteiger partial charge < -0.3 is 11.5 Å². The van der Waals surface area contributed by atoms with Crippen LogP contribution in [0.5, 0.6) is 0 Å². The van der Waals surface area contributed by atoms with E-state index in [9.17, 15) is 20.2 Å². The summed E-state index contributed by atoms with van der Waals surface area (Å²) >= 11 is 0. The molecule has 9 heteroatoms. The number of nitrogen functional groups attached to an aromatic ring is 2. The van der Waals surface area contributed by atoms with Crippen LogP contribution >= 0.6 is 0 Å². The Balaban J connectivity index is 2.53. The fraction of sp³-hybridized carbons (Fsp3) is 0. The van der Waals surface area contributed by atoms with Gasteiger partial charge in [-0.3, -0.25) is 20.2 Å². The molecule has 3 aromatic rings. The van der Waals surface area contributed by atoms with Crippen LogP contribution in [0.1, 0.15) is 0 Å². The summed E-state index contributed by atoms with van der Waals surface area (Å²) in [4.78, 5) is 21.0. The Morgan fingerprint density at radius 1 is 0.870 bits per heavy atom. The highest BCUT2D eigenvalue weighted by molar-refractivity contribution is 6.47. The number of rotatable bonds is 2. The number of benzene rings is 3. The number of hydrogen-bond donors (Lipinski definition) is 2. The Morgan fingerprint density at radius 3 is 2.09 bits per heavy atom. The maximum Gasteiger partial charge on any atom is 0.272 e. The summed E-state index contributed by atoms with van der Waals surface area (Å²) in [6.07, 6.45) is 0. The molecule has 3 rings (SSSR count). The fourth-order valence-corrected chi connectivity index (χ4v) is 2.82. The number of non-ortho nitro benzene ring substituents is 2. The van der Waals surface area contributed by atoms with Crippen LogP contribution in [0.3, 0.4) is 0 Å². The highest BCUT2D eigenvalue weighted by Crippen LogP contribution is 2.36. The molecule has 23 heavy (non-hydrogen) atoms. The van der Waals surface area contributed by atoms with Crippen molar-refractivity contribution in [1.82, 2.24) is 0 Å². The molecule has 0 saturated heterocycles. The number of nitrogens with zero attached hydrogens (tertiary/aromatic N) is 2. The maximum absolute atomic E-state index is 11.0. The first kappa shape index (κ1) is 14.6. The van der Waals surface area contributed by atoms with E-state index in [1.54, 1.807) is 13.9 Å². The van der Waals surface area contributed by atoms with Gasteiger partial charge in [-0.15, -0.1) is 0 Å². The summed E-state index contributed by atoms with van der Waals surface area (Å²) in [5.74, 6) is 0. The Kier molecular flexibility index (Phi) is 3.07. The van der Waals surface area contributed by atoms with Gasteiger partial charge >= 0.3 is 0 Å². The summed E-state index contributed by atoms with van der Waals surface area (Å²) in [6, 6.07) is 6.99. The first-order valence-electron chi connectivity index (χ1n) is 6.65. The van der Waals surface area contributed by atoms with Gasteiger partial charge in [0.05, 0.1) is 9.85 Å². The van der Waals surface area contributed by atoms with Crippen molar-refractivity contribution in [1.29, 1.82) is 0 Å². The molecule has 0 aliphatic rings. The van der Waals surface area contributed by atoms with Crippen LogP contribution in [-0.2, 0) is 0 Å². The van der Waals surface area contributed by atoms with Crippen molar-refractivity contribution in [2.45, 2.75) is 0 Å². The zero-order valence-electron chi connectivity index (χ0n) is 12.1. The third-order valence-corrected chi connectivity index (χ3v) is 3.95. The van der Waals surface area contributed by atoms with Crippen molar-refractivity contribution in [2.24, 2.45) is 0 Å². The molecule has 0 aliphatic heterocycles. The van der Waals surface area contributed by atoms with Crippen LogP contribution in [0, 0.1) is 20.2 Å². The minimum Gasteiger partial charge on any atom is -0.398 e. The molecule has 0 atom stereocenters. The normalized spacial score (nSPS) is 11.0. The predicted octanol–water partition coefficient (Wildman–Crippen LogP) is 1.23. The summed E-state index contributed by atoms with van der Waals surface area (Å²) in [5.41, 5.74) is 13.1. The van der Waals surface area contributed by atoms with E-state index in [0.717, 1.165) is 0 Å². The lowest BCUT2D eigenvalue weighted by molar-refractivity contribution is -0.384. The molecule has 0 bridgehead atoms. The Hall–Kier alpha value is -3.36. The number of nitro groups is 2. The standard InChI is InChI=1S/C14H11BN4O4/c15-13-9-3-6(18(20)21)1-2-8(9)14(17)12-10(13)4-7(19(22)23)5-11(12)16/h1-5H,15-17H2. The molecule has 0 aliphatic carbocycles. The van der Waals surface area contributed by atoms with E-state index in [0.29, 0.717) is 32.7 Å². The van der Waals surface area contributed by atoms with Crippen molar-refractivity contribution in [3.8, 4) is 0 Å². The van der Waals surface area contributed by atoms with Crippen molar-refractivity contribution < 1.29 is 9.85 Å². The maximum atomic E-state index is 11.0. The molecule has 114 valence electrons. The summed E-state index contributed by atoms with van der Waals surface area (Å²) in [6.45, 7) is 0. The highest BCUT2D eigenvalue weighted by Gasteiger charge is 2.18. The molecule has 0 aromatic heterocycles. The zero-order valence-corrected chi connectivity index (χ0v) is 12.1. The van der Waals surface area contributed by atoms with Gasteiger partial charge in [0, 0.05) is 46.4 Å². The molecule has 0 radical (unpaired) electrons. The SMILES string of the molecule is Bc1c2cc([N+](=O)[O-])ccc2c(N)c2c(N)cc([N+](=O)[O-])cc12. The third kappa shape index (κ3) is 2.10. The van der Waals surface area contributed by atoms with Crippen molar-refractivity contribution in [3.63, 3.8) is 0 Å². The summed E-state index contributed by atoms with van der Waals surface area (Å²) in [5, 5.41) is 24.2. The quantitative estimate of drug-likeness (QED) is 0.240.